The van der Waals surface area contributed by atoms with Crippen LogP contribution in [0.15, 0.2) is 33.5 Å². The summed E-state index contributed by atoms with van der Waals surface area (Å²) < 4.78 is 13.9. The molecule has 0 spiro atoms. The van der Waals surface area contributed by atoms with Crippen molar-refractivity contribution in [2.75, 3.05) is 14.2 Å². The van der Waals surface area contributed by atoms with E-state index in [4.69, 9.17) is 9.47 Å². The molecule has 0 saturated carbocycles. The van der Waals surface area contributed by atoms with Gasteiger partial charge < -0.3 is 9.47 Å². The second kappa shape index (κ2) is 6.65. The number of methoxy groups -OCH3 is 2. The van der Waals surface area contributed by atoms with Crippen molar-refractivity contribution < 1.29 is 9.47 Å². The summed E-state index contributed by atoms with van der Waals surface area (Å²) in [6, 6.07) is 7.51. The van der Waals surface area contributed by atoms with Gasteiger partial charge in [-0.05, 0) is 71.2 Å². The second-order valence-electron chi connectivity index (χ2n) is 6.25. The summed E-state index contributed by atoms with van der Waals surface area (Å²) in [7, 11) is 3.22. The van der Waals surface area contributed by atoms with Crippen LogP contribution in [-0.2, 0) is 0 Å². The summed E-state index contributed by atoms with van der Waals surface area (Å²) >= 11 is 4.98. The number of aryl methyl sites for hydroxylation is 1. The molecular formula is C20H17BrN2O3S. The zero-order chi connectivity index (χ0) is 19.3. The molecule has 0 aliphatic rings. The monoisotopic (exact) mass is 444 g/mol. The minimum Gasteiger partial charge on any atom is -0.497 e. The molecule has 0 bridgehead atoms. The van der Waals surface area contributed by atoms with Gasteiger partial charge in [-0.25, -0.2) is 9.38 Å². The van der Waals surface area contributed by atoms with Gasteiger partial charge in [-0.3, -0.25) is 4.79 Å². The van der Waals surface area contributed by atoms with Crippen LogP contribution in [0.4, 0.5) is 0 Å². The molecule has 0 unspecified atom stereocenters. The summed E-state index contributed by atoms with van der Waals surface area (Å²) in [5.74, 6) is 1.39. The van der Waals surface area contributed by atoms with Crippen LogP contribution in [0.5, 0.6) is 11.5 Å². The molecule has 2 aromatic carbocycles. The van der Waals surface area contributed by atoms with Crippen LogP contribution >= 0.6 is 27.3 Å². The van der Waals surface area contributed by atoms with Crippen LogP contribution in [0.25, 0.3) is 22.1 Å². The van der Waals surface area contributed by atoms with Crippen LogP contribution in [0.2, 0.25) is 0 Å². The molecule has 0 atom stereocenters. The van der Waals surface area contributed by atoms with E-state index in [1.807, 2.05) is 44.2 Å². The summed E-state index contributed by atoms with van der Waals surface area (Å²) in [6.45, 7) is 4.07. The topological polar surface area (TPSA) is 52.8 Å². The standard InChI is InChI=1S/C20H17BrN2O3S/c1-10-7-14-18(17(21)11(10)2)22-20-23(14)19(24)16(27-20)9-12-8-13(25-3)5-6-15(12)26-4/h5-9H,1-4H3/b16-9-. The Morgan fingerprint density at radius 1 is 1.19 bits per heavy atom. The van der Waals surface area contributed by atoms with Gasteiger partial charge in [0.15, 0.2) is 4.96 Å². The number of hydrogen-bond acceptors (Lipinski definition) is 5. The van der Waals surface area contributed by atoms with Crippen molar-refractivity contribution >= 4 is 49.3 Å². The van der Waals surface area contributed by atoms with E-state index < -0.39 is 0 Å². The lowest BCUT2D eigenvalue weighted by Crippen LogP contribution is -2.22. The van der Waals surface area contributed by atoms with Crippen molar-refractivity contribution in [2.45, 2.75) is 13.8 Å². The lowest BCUT2D eigenvalue weighted by atomic mass is 10.1. The first kappa shape index (κ1) is 18.0. The third-order valence-electron chi connectivity index (χ3n) is 4.70. The second-order valence-corrected chi connectivity index (χ2v) is 8.06. The fourth-order valence-electron chi connectivity index (χ4n) is 3.07. The van der Waals surface area contributed by atoms with E-state index in [9.17, 15) is 4.79 Å². The lowest BCUT2D eigenvalue weighted by Gasteiger charge is -2.06. The normalized spacial score (nSPS) is 12.3. The molecule has 0 fully saturated rings. The van der Waals surface area contributed by atoms with Crippen molar-refractivity contribution in [3.05, 3.63) is 60.3 Å². The van der Waals surface area contributed by atoms with Gasteiger partial charge in [0.05, 0.1) is 24.3 Å². The molecule has 0 amide bonds. The highest BCUT2D eigenvalue weighted by molar-refractivity contribution is 9.10. The lowest BCUT2D eigenvalue weighted by molar-refractivity contribution is 0.402. The molecule has 0 aliphatic carbocycles. The predicted molar refractivity (Wildman–Crippen MR) is 112 cm³/mol. The van der Waals surface area contributed by atoms with Crippen LogP contribution in [0.1, 0.15) is 16.7 Å². The van der Waals surface area contributed by atoms with Crippen LogP contribution in [0.3, 0.4) is 0 Å². The number of rotatable bonds is 3. The minimum absolute atomic E-state index is 0.0856. The van der Waals surface area contributed by atoms with Crippen LogP contribution < -0.4 is 19.6 Å². The maximum Gasteiger partial charge on any atom is 0.274 e. The van der Waals surface area contributed by atoms with E-state index in [1.165, 1.54) is 11.3 Å². The Hall–Kier alpha value is -2.38. The van der Waals surface area contributed by atoms with E-state index in [0.717, 1.165) is 32.2 Å². The molecule has 4 aromatic rings. The van der Waals surface area contributed by atoms with Crippen molar-refractivity contribution in [1.29, 1.82) is 0 Å². The molecular weight excluding hydrogens is 428 g/mol. The first-order chi connectivity index (χ1) is 12.9. The minimum atomic E-state index is -0.0856. The zero-order valence-corrected chi connectivity index (χ0v) is 17.7. The number of halogens is 1. The first-order valence-electron chi connectivity index (χ1n) is 8.29. The molecule has 0 N–H and O–H groups in total. The number of nitrogens with zero attached hydrogens (tertiary/aromatic N) is 2. The summed E-state index contributed by atoms with van der Waals surface area (Å²) in [6.07, 6.45) is 1.82. The van der Waals surface area contributed by atoms with Gasteiger partial charge in [0.1, 0.15) is 17.0 Å². The fraction of sp³-hybridized carbons (Fsp3) is 0.200. The van der Waals surface area contributed by atoms with E-state index in [0.29, 0.717) is 21.0 Å². The molecule has 27 heavy (non-hydrogen) atoms. The molecule has 7 heteroatoms. The number of fused-ring (bicyclic) bond motifs is 3. The van der Waals surface area contributed by atoms with Crippen molar-refractivity contribution in [3.63, 3.8) is 0 Å². The first-order valence-corrected chi connectivity index (χ1v) is 9.90. The van der Waals surface area contributed by atoms with Gasteiger partial charge in [0.2, 0.25) is 0 Å². The van der Waals surface area contributed by atoms with Crippen LogP contribution in [0, 0.1) is 13.8 Å². The van der Waals surface area contributed by atoms with Gasteiger partial charge >= 0.3 is 0 Å². The summed E-state index contributed by atoms with van der Waals surface area (Å²) in [5.41, 5.74) is 4.58. The van der Waals surface area contributed by atoms with E-state index in [2.05, 4.69) is 20.9 Å². The molecule has 0 radical (unpaired) electrons. The highest BCUT2D eigenvalue weighted by Crippen LogP contribution is 2.30. The molecule has 0 saturated heterocycles. The van der Waals surface area contributed by atoms with Gasteiger partial charge in [0.25, 0.3) is 5.56 Å². The van der Waals surface area contributed by atoms with Gasteiger partial charge in [-0.1, -0.05) is 11.3 Å². The Kier molecular flexibility index (Phi) is 4.44. The SMILES string of the molecule is COc1ccc(OC)c(/C=c2\sc3nc4c(Br)c(C)c(C)cc4n3c2=O)c1. The average molecular weight is 445 g/mol. The molecule has 0 aliphatic heterocycles. The van der Waals surface area contributed by atoms with Gasteiger partial charge in [-0.2, -0.15) is 0 Å². The Bertz CT molecular complexity index is 1310. The summed E-state index contributed by atoms with van der Waals surface area (Å²) in [5, 5.41) is 0. The molecule has 138 valence electrons. The van der Waals surface area contributed by atoms with Gasteiger partial charge in [-0.15, -0.1) is 0 Å². The van der Waals surface area contributed by atoms with Crippen molar-refractivity contribution in [2.24, 2.45) is 0 Å². The largest absolute Gasteiger partial charge is 0.497 e. The smallest absolute Gasteiger partial charge is 0.274 e. The molecule has 2 heterocycles. The highest BCUT2D eigenvalue weighted by Gasteiger charge is 2.16. The Morgan fingerprint density at radius 2 is 1.96 bits per heavy atom. The third-order valence-corrected chi connectivity index (χ3v) is 6.64. The maximum atomic E-state index is 13.1. The Labute approximate surface area is 168 Å². The Balaban J connectivity index is 2.01. The number of benzene rings is 2. The Morgan fingerprint density at radius 3 is 2.67 bits per heavy atom. The fourth-order valence-corrected chi connectivity index (χ4v) is 4.65. The highest BCUT2D eigenvalue weighted by atomic mass is 79.9. The number of thiazole rings is 1. The van der Waals surface area contributed by atoms with E-state index in [-0.39, 0.29) is 5.56 Å². The number of imidazole rings is 1. The van der Waals surface area contributed by atoms with E-state index in [1.54, 1.807) is 18.6 Å². The molecule has 5 nitrogen and oxygen atoms in total. The number of hydrogen-bond donors (Lipinski definition) is 0. The quantitative estimate of drug-likeness (QED) is 0.481. The maximum absolute atomic E-state index is 13.1. The van der Waals surface area contributed by atoms with Crippen molar-refractivity contribution in [3.8, 4) is 11.5 Å². The number of ether oxygens (including phenoxy) is 2. The van der Waals surface area contributed by atoms with Crippen molar-refractivity contribution in [1.82, 2.24) is 9.38 Å². The third kappa shape index (κ3) is 2.82. The average Bonchev–Trinajstić information content (AvgIpc) is 3.17. The zero-order valence-electron chi connectivity index (χ0n) is 15.3. The number of aromatic nitrogens is 2. The molecule has 2 aromatic heterocycles. The summed E-state index contributed by atoms with van der Waals surface area (Å²) in [4.78, 5) is 18.4. The van der Waals surface area contributed by atoms with E-state index >= 15 is 0 Å². The molecule has 4 rings (SSSR count). The van der Waals surface area contributed by atoms with Crippen LogP contribution in [-0.4, -0.2) is 23.6 Å². The predicted octanol–water partition coefficient (Wildman–Crippen LogP) is 3.85. The van der Waals surface area contributed by atoms with Gasteiger partial charge in [0, 0.05) is 10.0 Å².